The van der Waals surface area contributed by atoms with Crippen molar-refractivity contribution >= 4 is 17.5 Å². The summed E-state index contributed by atoms with van der Waals surface area (Å²) >= 11 is 0. The van der Waals surface area contributed by atoms with Crippen molar-refractivity contribution in [2.24, 2.45) is 11.8 Å². The van der Waals surface area contributed by atoms with Crippen molar-refractivity contribution < 1.29 is 19.6 Å². The number of anilines is 1. The predicted molar refractivity (Wildman–Crippen MR) is 76.5 cm³/mol. The molecule has 0 saturated heterocycles. The number of carboxylic acids is 1. The first-order valence-electron chi connectivity index (χ1n) is 6.51. The number of nitrogens with one attached hydrogen (secondary N) is 1. The highest BCUT2D eigenvalue weighted by atomic mass is 16.6. The van der Waals surface area contributed by atoms with E-state index in [0.717, 1.165) is 0 Å². The average Bonchev–Trinajstić information content (AvgIpc) is 2.42. The van der Waals surface area contributed by atoms with Crippen molar-refractivity contribution in [3.8, 4) is 5.88 Å². The van der Waals surface area contributed by atoms with E-state index in [1.165, 1.54) is 19.2 Å². The number of hydrogen-bond acceptors (Lipinski definition) is 6. The lowest BCUT2D eigenvalue weighted by Gasteiger charge is -2.15. The van der Waals surface area contributed by atoms with Crippen molar-refractivity contribution in [3.63, 3.8) is 0 Å². The molecule has 0 aliphatic heterocycles. The molecule has 0 aliphatic rings. The number of carboxylic acid groups (broad SMARTS) is 1. The predicted octanol–water partition coefficient (Wildman–Crippen LogP) is 2.16. The van der Waals surface area contributed by atoms with Crippen LogP contribution in [0.15, 0.2) is 12.1 Å². The lowest BCUT2D eigenvalue weighted by molar-refractivity contribution is -0.384. The van der Waals surface area contributed by atoms with Gasteiger partial charge in [-0.15, -0.1) is 0 Å². The maximum absolute atomic E-state index is 11.2. The largest absolute Gasteiger partial charge is 0.481 e. The maximum atomic E-state index is 11.2. The van der Waals surface area contributed by atoms with Crippen LogP contribution in [0, 0.1) is 22.0 Å². The number of aliphatic carboxylic acids is 1. The molecule has 2 N–H and O–H groups in total. The van der Waals surface area contributed by atoms with Crippen LogP contribution in [0.25, 0.3) is 0 Å². The van der Waals surface area contributed by atoms with E-state index in [0.29, 0.717) is 6.42 Å². The Kier molecular flexibility index (Phi) is 5.89. The highest BCUT2D eigenvalue weighted by Gasteiger charge is 2.22. The highest BCUT2D eigenvalue weighted by Crippen LogP contribution is 2.25. The second-order valence-electron chi connectivity index (χ2n) is 5.02. The van der Waals surface area contributed by atoms with Crippen LogP contribution in [0.1, 0.15) is 20.3 Å². The van der Waals surface area contributed by atoms with E-state index in [1.54, 1.807) is 0 Å². The minimum atomic E-state index is -0.943. The number of hydrogen-bond donors (Lipinski definition) is 2. The van der Waals surface area contributed by atoms with Gasteiger partial charge in [-0.05, 0) is 12.3 Å². The Bertz CT molecular complexity index is 519. The summed E-state index contributed by atoms with van der Waals surface area (Å²) < 4.78 is 4.92. The number of pyridine rings is 1. The van der Waals surface area contributed by atoms with E-state index in [1.807, 2.05) is 13.8 Å². The van der Waals surface area contributed by atoms with E-state index >= 15 is 0 Å². The Morgan fingerprint density at radius 2 is 2.19 bits per heavy atom. The number of carbonyl (C=O) groups is 1. The number of nitrogens with zero attached hydrogens (tertiary/aromatic N) is 2. The summed E-state index contributed by atoms with van der Waals surface area (Å²) in [5.41, 5.74) is -0.218. The Morgan fingerprint density at radius 1 is 1.52 bits per heavy atom. The Labute approximate surface area is 122 Å². The van der Waals surface area contributed by atoms with Gasteiger partial charge in [-0.2, -0.15) is 4.98 Å². The third-order valence-corrected chi connectivity index (χ3v) is 2.88. The Morgan fingerprint density at radius 3 is 2.67 bits per heavy atom. The van der Waals surface area contributed by atoms with E-state index in [9.17, 15) is 14.9 Å². The van der Waals surface area contributed by atoms with Gasteiger partial charge in [-0.25, -0.2) is 0 Å². The molecular formula is C13H19N3O5. The van der Waals surface area contributed by atoms with Crippen LogP contribution in [0.5, 0.6) is 5.88 Å². The number of nitro groups is 1. The first-order valence-corrected chi connectivity index (χ1v) is 6.51. The fraction of sp³-hybridized carbons (Fsp3) is 0.538. The van der Waals surface area contributed by atoms with Gasteiger partial charge in [0.1, 0.15) is 0 Å². The van der Waals surface area contributed by atoms with Gasteiger partial charge in [0.2, 0.25) is 11.7 Å². The number of aromatic nitrogens is 1. The maximum Gasteiger partial charge on any atom is 0.311 e. The molecule has 8 nitrogen and oxygen atoms in total. The summed E-state index contributed by atoms with van der Waals surface area (Å²) in [5.74, 6) is -1.14. The SMILES string of the molecule is COc1ccc([N+](=O)[O-])c(NCC(CC(C)C)C(=O)O)n1. The van der Waals surface area contributed by atoms with Crippen molar-refractivity contribution in [1.29, 1.82) is 0 Å². The number of rotatable bonds is 8. The normalized spacial score (nSPS) is 12.0. The lowest BCUT2D eigenvalue weighted by Crippen LogP contribution is -2.25. The number of methoxy groups -OCH3 is 1. The summed E-state index contributed by atoms with van der Waals surface area (Å²) in [6.07, 6.45) is 0.472. The third kappa shape index (κ3) is 4.90. The van der Waals surface area contributed by atoms with Gasteiger partial charge in [0.25, 0.3) is 0 Å². The molecule has 0 aromatic carbocycles. The molecule has 0 fully saturated rings. The molecule has 0 saturated carbocycles. The second-order valence-corrected chi connectivity index (χ2v) is 5.02. The van der Waals surface area contributed by atoms with Crippen LogP contribution in [0.3, 0.4) is 0 Å². The van der Waals surface area contributed by atoms with E-state index in [4.69, 9.17) is 9.84 Å². The van der Waals surface area contributed by atoms with Gasteiger partial charge in [0, 0.05) is 18.7 Å². The molecule has 0 amide bonds. The monoisotopic (exact) mass is 297 g/mol. The number of ether oxygens (including phenoxy) is 1. The molecule has 0 radical (unpaired) electrons. The van der Waals surface area contributed by atoms with Crippen LogP contribution in [0.2, 0.25) is 0 Å². The molecule has 1 heterocycles. The van der Waals surface area contributed by atoms with Crippen molar-refractivity contribution in [2.45, 2.75) is 20.3 Å². The third-order valence-electron chi connectivity index (χ3n) is 2.88. The van der Waals surface area contributed by atoms with E-state index < -0.39 is 16.8 Å². The van der Waals surface area contributed by atoms with E-state index in [-0.39, 0.29) is 29.8 Å². The fourth-order valence-electron chi connectivity index (χ4n) is 1.89. The van der Waals surface area contributed by atoms with Gasteiger partial charge in [-0.3, -0.25) is 14.9 Å². The average molecular weight is 297 g/mol. The molecule has 21 heavy (non-hydrogen) atoms. The molecule has 1 rings (SSSR count). The molecular weight excluding hydrogens is 278 g/mol. The minimum absolute atomic E-state index is 0.00866. The molecule has 8 heteroatoms. The quantitative estimate of drug-likeness (QED) is 0.558. The zero-order chi connectivity index (χ0) is 16.0. The van der Waals surface area contributed by atoms with Crippen LogP contribution in [0.4, 0.5) is 11.5 Å². The molecule has 1 aromatic heterocycles. The van der Waals surface area contributed by atoms with Crippen molar-refractivity contribution in [1.82, 2.24) is 4.98 Å². The zero-order valence-corrected chi connectivity index (χ0v) is 12.2. The van der Waals surface area contributed by atoms with Crippen LogP contribution in [-0.2, 0) is 4.79 Å². The van der Waals surface area contributed by atoms with Gasteiger partial charge < -0.3 is 15.2 Å². The molecule has 1 aromatic rings. The first-order chi connectivity index (χ1) is 9.85. The van der Waals surface area contributed by atoms with Crippen molar-refractivity contribution in [3.05, 3.63) is 22.2 Å². The van der Waals surface area contributed by atoms with E-state index in [2.05, 4.69) is 10.3 Å². The fourth-order valence-corrected chi connectivity index (χ4v) is 1.89. The minimum Gasteiger partial charge on any atom is -0.481 e. The molecule has 0 spiro atoms. The van der Waals surface area contributed by atoms with Crippen LogP contribution in [-0.4, -0.2) is 34.6 Å². The molecule has 1 unspecified atom stereocenters. The van der Waals surface area contributed by atoms with Crippen LogP contribution >= 0.6 is 0 Å². The van der Waals surface area contributed by atoms with Crippen LogP contribution < -0.4 is 10.1 Å². The lowest BCUT2D eigenvalue weighted by atomic mass is 9.97. The topological polar surface area (TPSA) is 115 Å². The summed E-state index contributed by atoms with van der Waals surface area (Å²) in [4.78, 5) is 25.5. The zero-order valence-electron chi connectivity index (χ0n) is 12.2. The summed E-state index contributed by atoms with van der Waals surface area (Å²) in [6, 6.07) is 2.65. The van der Waals surface area contributed by atoms with Gasteiger partial charge in [0.05, 0.1) is 18.0 Å². The molecule has 116 valence electrons. The standard InChI is InChI=1S/C13H19N3O5/c1-8(2)6-9(13(17)18)7-14-12-10(16(19)20)4-5-11(15-12)21-3/h4-5,8-9H,6-7H2,1-3H3,(H,14,15)(H,17,18). The van der Waals surface area contributed by atoms with Gasteiger partial charge >= 0.3 is 11.7 Å². The molecule has 0 aliphatic carbocycles. The molecule has 0 bridgehead atoms. The Hall–Kier alpha value is -2.38. The Balaban J connectivity index is 2.89. The van der Waals surface area contributed by atoms with Gasteiger partial charge in [0.15, 0.2) is 0 Å². The van der Waals surface area contributed by atoms with Crippen molar-refractivity contribution in [2.75, 3.05) is 19.0 Å². The summed E-state index contributed by atoms with van der Waals surface area (Å²) in [6.45, 7) is 3.90. The first kappa shape index (κ1) is 16.7. The highest BCUT2D eigenvalue weighted by molar-refractivity contribution is 5.71. The van der Waals surface area contributed by atoms with Gasteiger partial charge in [-0.1, -0.05) is 13.8 Å². The summed E-state index contributed by atoms with van der Waals surface area (Å²) in [7, 11) is 1.40. The smallest absolute Gasteiger partial charge is 0.311 e. The summed E-state index contributed by atoms with van der Waals surface area (Å²) in [5, 5.41) is 22.8. The molecule has 1 atom stereocenters. The second kappa shape index (κ2) is 7.41.